The molecular formula is C27H23NO8. The minimum atomic E-state index is -1.00. The first-order valence-electron chi connectivity index (χ1n) is 11.3. The molecule has 0 aliphatic carbocycles. The average molecular weight is 489 g/mol. The van der Waals surface area contributed by atoms with E-state index in [0.717, 1.165) is 0 Å². The van der Waals surface area contributed by atoms with Crippen molar-refractivity contribution in [2.45, 2.75) is 18.4 Å². The van der Waals surface area contributed by atoms with Gasteiger partial charge < -0.3 is 34.5 Å². The fourth-order valence-electron chi connectivity index (χ4n) is 4.23. The number of para-hydroxylation sites is 1. The number of carbonyl (C=O) groups is 1. The molecular weight excluding hydrogens is 466 g/mol. The third kappa shape index (κ3) is 4.56. The summed E-state index contributed by atoms with van der Waals surface area (Å²) in [6.07, 6.45) is 0.0916. The van der Waals surface area contributed by atoms with E-state index in [1.165, 1.54) is 24.5 Å². The second-order valence-corrected chi connectivity index (χ2v) is 8.45. The minimum Gasteiger partial charge on any atom is -0.508 e. The number of aliphatic hydroxyl groups excluding tert-OH is 1. The number of ether oxygens (including phenoxy) is 2. The summed E-state index contributed by atoms with van der Waals surface area (Å²) in [7, 11) is 0. The van der Waals surface area contributed by atoms with E-state index in [1.54, 1.807) is 42.5 Å². The summed E-state index contributed by atoms with van der Waals surface area (Å²) in [5.74, 6) is -0.666. The predicted octanol–water partition coefficient (Wildman–Crippen LogP) is 3.30. The molecule has 1 amide bonds. The fraction of sp³-hybridized carbons (Fsp3) is 0.185. The van der Waals surface area contributed by atoms with Crippen molar-refractivity contribution in [3.05, 3.63) is 93.8 Å². The molecule has 0 bridgehead atoms. The highest BCUT2D eigenvalue weighted by molar-refractivity contribution is 5.80. The molecule has 2 atom stereocenters. The number of hydrogen-bond donors (Lipinski definition) is 4. The zero-order valence-electron chi connectivity index (χ0n) is 19.0. The number of fused-ring (bicyclic) bond motifs is 2. The lowest BCUT2D eigenvalue weighted by Crippen LogP contribution is -2.30. The van der Waals surface area contributed by atoms with Crippen LogP contribution in [0.1, 0.15) is 35.1 Å². The lowest BCUT2D eigenvalue weighted by molar-refractivity contribution is -0.121. The molecule has 1 aliphatic rings. The molecule has 5 rings (SSSR count). The van der Waals surface area contributed by atoms with Gasteiger partial charge in [0.15, 0.2) is 16.9 Å². The fourth-order valence-corrected chi connectivity index (χ4v) is 4.23. The Labute approximate surface area is 205 Å². The highest BCUT2D eigenvalue weighted by Gasteiger charge is 2.28. The van der Waals surface area contributed by atoms with Crippen LogP contribution in [0.4, 0.5) is 0 Å². The van der Waals surface area contributed by atoms with Crippen LogP contribution < -0.4 is 20.2 Å². The molecule has 9 nitrogen and oxygen atoms in total. The van der Waals surface area contributed by atoms with Gasteiger partial charge in [-0.1, -0.05) is 24.3 Å². The van der Waals surface area contributed by atoms with Gasteiger partial charge >= 0.3 is 0 Å². The van der Waals surface area contributed by atoms with Crippen LogP contribution in [-0.4, -0.2) is 34.6 Å². The molecule has 1 aromatic heterocycles. The van der Waals surface area contributed by atoms with Gasteiger partial charge in [-0.25, -0.2) is 0 Å². The number of aromatic hydroxyl groups is 2. The molecule has 0 spiro atoms. The summed E-state index contributed by atoms with van der Waals surface area (Å²) in [5.41, 5.74) is 1.10. The first-order valence-corrected chi connectivity index (χ1v) is 11.3. The summed E-state index contributed by atoms with van der Waals surface area (Å²) >= 11 is 0. The SMILES string of the molecule is O=C(C[C@H](c1cc2c(cc1O)OCO2)c1coc2ccccc2c1=O)NC[C@@H](O)c1ccc(O)cc1. The van der Waals surface area contributed by atoms with Gasteiger partial charge in [0.2, 0.25) is 12.7 Å². The van der Waals surface area contributed by atoms with Crippen LogP contribution in [0.2, 0.25) is 0 Å². The number of nitrogens with one attached hydrogen (secondary N) is 1. The van der Waals surface area contributed by atoms with Crippen molar-refractivity contribution in [2.75, 3.05) is 13.3 Å². The predicted molar refractivity (Wildman–Crippen MR) is 129 cm³/mol. The molecule has 3 aromatic carbocycles. The van der Waals surface area contributed by atoms with Gasteiger partial charge in [-0.05, 0) is 35.9 Å². The highest BCUT2D eigenvalue weighted by atomic mass is 16.7. The van der Waals surface area contributed by atoms with E-state index in [1.807, 2.05) is 0 Å². The van der Waals surface area contributed by atoms with E-state index in [2.05, 4.69) is 5.32 Å². The molecule has 4 N–H and O–H groups in total. The Bertz CT molecular complexity index is 1480. The minimum absolute atomic E-state index is 0.00333. The van der Waals surface area contributed by atoms with Crippen molar-refractivity contribution in [3.8, 4) is 23.0 Å². The van der Waals surface area contributed by atoms with Gasteiger partial charge in [0, 0.05) is 36.1 Å². The lowest BCUT2D eigenvalue weighted by Gasteiger charge is -2.19. The maximum atomic E-state index is 13.4. The van der Waals surface area contributed by atoms with Gasteiger partial charge in [0.25, 0.3) is 0 Å². The molecule has 0 unspecified atom stereocenters. The molecule has 1 aliphatic heterocycles. The van der Waals surface area contributed by atoms with Crippen LogP contribution in [0.3, 0.4) is 0 Å². The smallest absolute Gasteiger partial charge is 0.231 e. The number of aliphatic hydroxyl groups is 1. The van der Waals surface area contributed by atoms with Gasteiger partial charge in [0.05, 0.1) is 17.8 Å². The van der Waals surface area contributed by atoms with Crippen molar-refractivity contribution >= 4 is 16.9 Å². The molecule has 2 heterocycles. The number of hydrogen-bond acceptors (Lipinski definition) is 8. The molecule has 0 saturated carbocycles. The Morgan fingerprint density at radius 2 is 1.69 bits per heavy atom. The Kier molecular flexibility index (Phi) is 6.22. The van der Waals surface area contributed by atoms with Gasteiger partial charge in [0.1, 0.15) is 17.1 Å². The third-order valence-electron chi connectivity index (χ3n) is 6.14. The van der Waals surface area contributed by atoms with E-state index in [4.69, 9.17) is 13.9 Å². The summed E-state index contributed by atoms with van der Waals surface area (Å²) in [4.78, 5) is 26.3. The zero-order chi connectivity index (χ0) is 25.2. The van der Waals surface area contributed by atoms with E-state index >= 15 is 0 Å². The van der Waals surface area contributed by atoms with E-state index in [9.17, 15) is 24.9 Å². The monoisotopic (exact) mass is 489 g/mol. The molecule has 0 radical (unpaired) electrons. The summed E-state index contributed by atoms with van der Waals surface area (Å²) in [6.45, 7) is -0.0909. The Morgan fingerprint density at radius 1 is 0.972 bits per heavy atom. The number of amides is 1. The molecule has 184 valence electrons. The van der Waals surface area contributed by atoms with Gasteiger partial charge in [-0.3, -0.25) is 9.59 Å². The van der Waals surface area contributed by atoms with Gasteiger partial charge in [-0.15, -0.1) is 0 Å². The van der Waals surface area contributed by atoms with Gasteiger partial charge in [-0.2, -0.15) is 0 Å². The number of benzene rings is 3. The maximum absolute atomic E-state index is 13.4. The third-order valence-corrected chi connectivity index (χ3v) is 6.14. The molecule has 36 heavy (non-hydrogen) atoms. The number of carbonyl (C=O) groups excluding carboxylic acids is 1. The zero-order valence-corrected chi connectivity index (χ0v) is 19.0. The summed E-state index contributed by atoms with van der Waals surface area (Å²) < 4.78 is 16.4. The van der Waals surface area contributed by atoms with Crippen molar-refractivity contribution in [2.24, 2.45) is 0 Å². The molecule has 9 heteroatoms. The molecule has 4 aromatic rings. The lowest BCUT2D eigenvalue weighted by atomic mass is 9.87. The van der Waals surface area contributed by atoms with Crippen LogP contribution in [0.25, 0.3) is 11.0 Å². The number of rotatable bonds is 7. The van der Waals surface area contributed by atoms with E-state index in [-0.39, 0.29) is 42.2 Å². The summed E-state index contributed by atoms with van der Waals surface area (Å²) in [6, 6.07) is 15.7. The highest BCUT2D eigenvalue weighted by Crippen LogP contribution is 2.42. The number of phenols is 2. The molecule has 0 saturated heterocycles. The second-order valence-electron chi connectivity index (χ2n) is 8.45. The molecule has 0 fully saturated rings. The number of phenolic OH excluding ortho intramolecular Hbond substituents is 2. The average Bonchev–Trinajstić information content (AvgIpc) is 3.34. The van der Waals surface area contributed by atoms with Crippen LogP contribution >= 0.6 is 0 Å². The van der Waals surface area contributed by atoms with Crippen LogP contribution in [0.5, 0.6) is 23.0 Å². The Hall–Kier alpha value is -4.50. The quantitative estimate of drug-likeness (QED) is 0.310. The standard InChI is InChI=1S/C27H23NO8/c29-16-7-5-15(6-8-16)22(31)12-28-26(32)10-18(19-9-24-25(11-21(19)30)36-14-35-24)20-13-34-23-4-2-1-3-17(23)27(20)33/h1-9,11,13,18,22,29-31H,10,12,14H2,(H,28,32)/t18-,22-/m1/s1. The first-order chi connectivity index (χ1) is 17.4. The van der Waals surface area contributed by atoms with Crippen LogP contribution in [0.15, 0.2) is 76.1 Å². The first kappa shape index (κ1) is 23.3. The van der Waals surface area contributed by atoms with Crippen LogP contribution in [0, 0.1) is 0 Å². The van der Waals surface area contributed by atoms with E-state index in [0.29, 0.717) is 33.6 Å². The van der Waals surface area contributed by atoms with Crippen LogP contribution in [-0.2, 0) is 4.79 Å². The van der Waals surface area contributed by atoms with Crippen molar-refractivity contribution in [1.82, 2.24) is 5.32 Å². The Balaban J connectivity index is 1.45. The topological polar surface area (TPSA) is 138 Å². The van der Waals surface area contributed by atoms with Crippen molar-refractivity contribution < 1.29 is 34.0 Å². The maximum Gasteiger partial charge on any atom is 0.231 e. The largest absolute Gasteiger partial charge is 0.508 e. The van der Waals surface area contributed by atoms with Crippen molar-refractivity contribution in [1.29, 1.82) is 0 Å². The second kappa shape index (κ2) is 9.63. The van der Waals surface area contributed by atoms with E-state index < -0.39 is 17.9 Å². The summed E-state index contributed by atoms with van der Waals surface area (Å²) in [5, 5.41) is 33.6. The normalized spacial score (nSPS) is 13.9. The van der Waals surface area contributed by atoms with Crippen molar-refractivity contribution in [3.63, 3.8) is 0 Å². The Morgan fingerprint density at radius 3 is 2.47 bits per heavy atom.